The fourth-order valence-electron chi connectivity index (χ4n) is 3.84. The molecular formula is C22H29N3O3S. The number of rotatable bonds is 7. The molecule has 29 heavy (non-hydrogen) atoms. The Morgan fingerprint density at radius 2 is 1.59 bits per heavy atom. The Labute approximate surface area is 173 Å². The number of sulfonamides is 1. The van der Waals surface area contributed by atoms with Crippen LogP contribution in [0.4, 0.5) is 5.69 Å². The quantitative estimate of drug-likeness (QED) is 0.726. The molecule has 0 bridgehead atoms. The normalized spacial score (nSPS) is 16.4. The fraction of sp³-hybridized carbons (Fsp3) is 0.409. The Balaban J connectivity index is 1.65. The summed E-state index contributed by atoms with van der Waals surface area (Å²) < 4.78 is 27.6. The first kappa shape index (κ1) is 21.3. The third-order valence-electron chi connectivity index (χ3n) is 5.76. The van der Waals surface area contributed by atoms with Crippen LogP contribution in [0.25, 0.3) is 0 Å². The highest BCUT2D eigenvalue weighted by Crippen LogP contribution is 2.31. The molecule has 2 N–H and O–H groups in total. The number of hydrogen-bond donors (Lipinski definition) is 2. The predicted octanol–water partition coefficient (Wildman–Crippen LogP) is 3.48. The van der Waals surface area contributed by atoms with Gasteiger partial charge in [0.2, 0.25) is 0 Å². The molecule has 1 saturated carbocycles. The van der Waals surface area contributed by atoms with E-state index in [-0.39, 0.29) is 16.3 Å². The van der Waals surface area contributed by atoms with Crippen molar-refractivity contribution in [3.8, 4) is 0 Å². The minimum absolute atomic E-state index is 0.00318. The van der Waals surface area contributed by atoms with Crippen LogP contribution in [-0.2, 0) is 10.0 Å². The Kier molecular flexibility index (Phi) is 6.59. The van der Waals surface area contributed by atoms with Crippen LogP contribution >= 0.6 is 0 Å². The number of benzene rings is 2. The van der Waals surface area contributed by atoms with E-state index >= 15 is 0 Å². The molecule has 0 heterocycles. The van der Waals surface area contributed by atoms with E-state index in [0.29, 0.717) is 17.8 Å². The second kappa shape index (κ2) is 8.97. The number of carbonyl (C=O) groups is 1. The summed E-state index contributed by atoms with van der Waals surface area (Å²) >= 11 is 0. The lowest BCUT2D eigenvalue weighted by Crippen LogP contribution is -2.53. The lowest BCUT2D eigenvalue weighted by molar-refractivity contribution is 0.0799. The Hall–Kier alpha value is -2.38. The maximum Gasteiger partial charge on any atom is 0.261 e. The van der Waals surface area contributed by atoms with Crippen LogP contribution in [0.5, 0.6) is 0 Å². The number of nitrogens with one attached hydrogen (secondary N) is 2. The van der Waals surface area contributed by atoms with Crippen LogP contribution in [0.2, 0.25) is 0 Å². The predicted molar refractivity (Wildman–Crippen MR) is 116 cm³/mol. The minimum atomic E-state index is -3.69. The summed E-state index contributed by atoms with van der Waals surface area (Å²) in [5, 5.41) is 3.04. The maximum atomic E-state index is 12.6. The first-order valence-corrected chi connectivity index (χ1v) is 11.4. The summed E-state index contributed by atoms with van der Waals surface area (Å²) in [5.74, 6) is -0.184. The van der Waals surface area contributed by atoms with Crippen molar-refractivity contribution in [2.75, 3.05) is 25.4 Å². The van der Waals surface area contributed by atoms with Crippen LogP contribution in [0.1, 0.15) is 42.5 Å². The second-order valence-electron chi connectivity index (χ2n) is 7.86. The molecule has 0 spiro atoms. The highest BCUT2D eigenvalue weighted by Gasteiger charge is 2.34. The van der Waals surface area contributed by atoms with Crippen molar-refractivity contribution in [2.45, 2.75) is 42.5 Å². The number of para-hydroxylation sites is 1. The fourth-order valence-corrected chi connectivity index (χ4v) is 4.90. The molecule has 3 rings (SSSR count). The molecule has 2 aromatic carbocycles. The maximum absolute atomic E-state index is 12.6. The van der Waals surface area contributed by atoms with Crippen LogP contribution in [0, 0.1) is 0 Å². The van der Waals surface area contributed by atoms with Crippen molar-refractivity contribution in [3.05, 3.63) is 60.2 Å². The molecule has 6 nitrogen and oxygen atoms in total. The van der Waals surface area contributed by atoms with Gasteiger partial charge in [-0.05, 0) is 63.3 Å². The summed E-state index contributed by atoms with van der Waals surface area (Å²) in [6, 6.07) is 14.7. The highest BCUT2D eigenvalue weighted by atomic mass is 32.2. The van der Waals surface area contributed by atoms with E-state index in [0.717, 1.165) is 12.8 Å². The second-order valence-corrected chi connectivity index (χ2v) is 9.54. The van der Waals surface area contributed by atoms with Gasteiger partial charge in [-0.1, -0.05) is 37.5 Å². The van der Waals surface area contributed by atoms with E-state index in [1.165, 1.54) is 31.4 Å². The molecule has 0 aromatic heterocycles. The van der Waals surface area contributed by atoms with E-state index in [1.54, 1.807) is 36.4 Å². The Morgan fingerprint density at radius 1 is 0.966 bits per heavy atom. The van der Waals surface area contributed by atoms with Gasteiger partial charge in [0.05, 0.1) is 4.90 Å². The number of hydrogen-bond acceptors (Lipinski definition) is 4. The Bertz CT molecular complexity index is 920. The third kappa shape index (κ3) is 5.16. The number of likely N-dealkylation sites (N-methyl/N-ethyl adjacent to an activating group) is 1. The van der Waals surface area contributed by atoms with Crippen molar-refractivity contribution in [2.24, 2.45) is 0 Å². The van der Waals surface area contributed by atoms with Gasteiger partial charge in [0.15, 0.2) is 0 Å². The molecule has 0 saturated heterocycles. The summed E-state index contributed by atoms with van der Waals surface area (Å²) in [7, 11) is 0.438. The van der Waals surface area contributed by atoms with Crippen LogP contribution < -0.4 is 10.0 Å². The lowest BCUT2D eigenvalue weighted by Gasteiger charge is -2.43. The zero-order chi connectivity index (χ0) is 20.9. The molecule has 1 amide bonds. The van der Waals surface area contributed by atoms with Crippen molar-refractivity contribution < 1.29 is 13.2 Å². The van der Waals surface area contributed by atoms with Gasteiger partial charge >= 0.3 is 0 Å². The van der Waals surface area contributed by atoms with Crippen molar-refractivity contribution in [3.63, 3.8) is 0 Å². The van der Waals surface area contributed by atoms with Crippen LogP contribution in [-0.4, -0.2) is 45.4 Å². The third-order valence-corrected chi connectivity index (χ3v) is 7.16. The summed E-state index contributed by atoms with van der Waals surface area (Å²) in [6.07, 6.45) is 5.74. The summed E-state index contributed by atoms with van der Waals surface area (Å²) in [5.41, 5.74) is 0.945. The molecular weight excluding hydrogens is 386 g/mol. The topological polar surface area (TPSA) is 78.5 Å². The zero-order valence-electron chi connectivity index (χ0n) is 17.0. The average Bonchev–Trinajstić information content (AvgIpc) is 2.73. The first-order valence-electron chi connectivity index (χ1n) is 9.96. The van der Waals surface area contributed by atoms with Gasteiger partial charge < -0.3 is 10.2 Å². The molecule has 0 aliphatic heterocycles. The summed E-state index contributed by atoms with van der Waals surface area (Å²) in [6.45, 7) is 0.592. The molecule has 7 heteroatoms. The van der Waals surface area contributed by atoms with Gasteiger partial charge in [-0.2, -0.15) is 0 Å². The SMILES string of the molecule is CN(C)C1(CNC(=O)c2ccc(S(=O)(=O)Nc3ccccc3)cc2)CCCCC1. The van der Waals surface area contributed by atoms with Gasteiger partial charge in [-0.3, -0.25) is 9.52 Å². The van der Waals surface area contributed by atoms with E-state index in [2.05, 4.69) is 29.0 Å². The van der Waals surface area contributed by atoms with E-state index in [4.69, 9.17) is 0 Å². The number of anilines is 1. The number of nitrogens with zero attached hydrogens (tertiary/aromatic N) is 1. The van der Waals surface area contributed by atoms with E-state index < -0.39 is 10.0 Å². The minimum Gasteiger partial charge on any atom is -0.350 e. The molecule has 0 radical (unpaired) electrons. The molecule has 1 aliphatic rings. The Morgan fingerprint density at radius 3 is 2.17 bits per heavy atom. The summed E-state index contributed by atoms with van der Waals surface area (Å²) in [4.78, 5) is 14.9. The molecule has 0 unspecified atom stereocenters. The highest BCUT2D eigenvalue weighted by molar-refractivity contribution is 7.92. The smallest absolute Gasteiger partial charge is 0.261 e. The van der Waals surface area contributed by atoms with Gasteiger partial charge in [0, 0.05) is 23.3 Å². The van der Waals surface area contributed by atoms with Gasteiger partial charge in [-0.15, -0.1) is 0 Å². The number of carbonyl (C=O) groups excluding carboxylic acids is 1. The van der Waals surface area contributed by atoms with E-state index in [9.17, 15) is 13.2 Å². The first-order chi connectivity index (χ1) is 13.8. The van der Waals surface area contributed by atoms with Gasteiger partial charge in [0.25, 0.3) is 15.9 Å². The van der Waals surface area contributed by atoms with E-state index in [1.807, 2.05) is 6.07 Å². The monoisotopic (exact) mass is 415 g/mol. The van der Waals surface area contributed by atoms with Crippen LogP contribution in [0.3, 0.4) is 0 Å². The number of amides is 1. The zero-order valence-corrected chi connectivity index (χ0v) is 17.8. The van der Waals surface area contributed by atoms with Crippen molar-refractivity contribution >= 4 is 21.6 Å². The van der Waals surface area contributed by atoms with Gasteiger partial charge in [-0.25, -0.2) is 8.42 Å². The van der Waals surface area contributed by atoms with Crippen LogP contribution in [0.15, 0.2) is 59.5 Å². The lowest BCUT2D eigenvalue weighted by atomic mass is 9.80. The largest absolute Gasteiger partial charge is 0.350 e. The van der Waals surface area contributed by atoms with Crippen molar-refractivity contribution in [1.82, 2.24) is 10.2 Å². The molecule has 1 aliphatic carbocycles. The van der Waals surface area contributed by atoms with Gasteiger partial charge in [0.1, 0.15) is 0 Å². The standard InChI is InChI=1S/C22H29N3O3S/c1-25(2)22(15-7-4-8-16-22)17-23-21(26)18-11-13-20(14-12-18)29(27,28)24-19-9-5-3-6-10-19/h3,5-6,9-14,24H,4,7-8,15-17H2,1-2H3,(H,23,26). The average molecular weight is 416 g/mol. The molecule has 1 fully saturated rings. The molecule has 0 atom stereocenters. The molecule has 2 aromatic rings. The molecule has 156 valence electrons. The van der Waals surface area contributed by atoms with Crippen molar-refractivity contribution in [1.29, 1.82) is 0 Å².